The summed E-state index contributed by atoms with van der Waals surface area (Å²) in [6, 6.07) is 5.44. The number of morpholine rings is 1. The van der Waals surface area contributed by atoms with Crippen molar-refractivity contribution in [3.63, 3.8) is 0 Å². The van der Waals surface area contributed by atoms with Crippen molar-refractivity contribution in [3.05, 3.63) is 40.9 Å². The third-order valence-corrected chi connectivity index (χ3v) is 3.35. The van der Waals surface area contributed by atoms with Crippen LogP contribution in [0.2, 0.25) is 0 Å². The van der Waals surface area contributed by atoms with Gasteiger partial charge < -0.3 is 9.47 Å². The summed E-state index contributed by atoms with van der Waals surface area (Å²) in [4.78, 5) is 18.6. The van der Waals surface area contributed by atoms with Crippen molar-refractivity contribution in [2.45, 2.75) is 0 Å². The van der Waals surface area contributed by atoms with Crippen molar-refractivity contribution in [2.75, 3.05) is 39.5 Å². The molecule has 0 aliphatic carbocycles. The van der Waals surface area contributed by atoms with Crippen LogP contribution in [0.25, 0.3) is 5.65 Å². The van der Waals surface area contributed by atoms with Crippen LogP contribution in [0.15, 0.2) is 35.4 Å². The summed E-state index contributed by atoms with van der Waals surface area (Å²) in [7, 11) is 0. The molecular weight excluding hydrogens is 258 g/mol. The molecule has 0 saturated carbocycles. The number of fused-ring (bicyclic) bond motifs is 1. The van der Waals surface area contributed by atoms with Gasteiger partial charge in [-0.05, 0) is 12.1 Å². The quantitative estimate of drug-likeness (QED) is 0.808. The van der Waals surface area contributed by atoms with E-state index in [1.165, 1.54) is 10.6 Å². The van der Waals surface area contributed by atoms with E-state index in [0.29, 0.717) is 18.0 Å². The van der Waals surface area contributed by atoms with E-state index in [2.05, 4.69) is 9.88 Å². The largest absolute Gasteiger partial charge is 0.485 e. The molecule has 2 aromatic rings. The van der Waals surface area contributed by atoms with Gasteiger partial charge >= 0.3 is 0 Å². The molecule has 0 radical (unpaired) electrons. The summed E-state index contributed by atoms with van der Waals surface area (Å²) in [5.74, 6) is 0.293. The number of hydrogen-bond acceptors (Lipinski definition) is 5. The van der Waals surface area contributed by atoms with Crippen LogP contribution >= 0.6 is 0 Å². The highest BCUT2D eigenvalue weighted by molar-refractivity contribution is 5.38. The van der Waals surface area contributed by atoms with Crippen LogP contribution in [0.1, 0.15) is 0 Å². The number of hydrogen-bond donors (Lipinski definition) is 0. The van der Waals surface area contributed by atoms with Gasteiger partial charge in [-0.3, -0.25) is 14.1 Å². The zero-order valence-corrected chi connectivity index (χ0v) is 11.2. The average molecular weight is 275 g/mol. The summed E-state index contributed by atoms with van der Waals surface area (Å²) in [5, 5.41) is 0. The van der Waals surface area contributed by atoms with Crippen LogP contribution < -0.4 is 10.3 Å². The summed E-state index contributed by atoms with van der Waals surface area (Å²) < 4.78 is 12.3. The third-order valence-electron chi connectivity index (χ3n) is 3.35. The highest BCUT2D eigenvalue weighted by Gasteiger charge is 2.11. The maximum absolute atomic E-state index is 12.2. The number of rotatable bonds is 4. The third kappa shape index (κ3) is 2.81. The molecule has 6 nitrogen and oxygen atoms in total. The van der Waals surface area contributed by atoms with Crippen LogP contribution in [0, 0.1) is 0 Å². The van der Waals surface area contributed by atoms with E-state index in [0.717, 1.165) is 32.8 Å². The van der Waals surface area contributed by atoms with E-state index in [4.69, 9.17) is 9.47 Å². The number of nitrogens with zero attached hydrogens (tertiary/aromatic N) is 3. The number of pyridine rings is 1. The lowest BCUT2D eigenvalue weighted by Gasteiger charge is -2.26. The van der Waals surface area contributed by atoms with Gasteiger partial charge in [0.25, 0.3) is 5.56 Å². The Hall–Kier alpha value is -1.92. The second-order valence-electron chi connectivity index (χ2n) is 4.66. The molecule has 3 rings (SSSR count). The Morgan fingerprint density at radius 2 is 2.15 bits per heavy atom. The highest BCUT2D eigenvalue weighted by Crippen LogP contribution is 2.04. The van der Waals surface area contributed by atoms with Crippen molar-refractivity contribution < 1.29 is 9.47 Å². The molecule has 0 aromatic carbocycles. The fourth-order valence-corrected chi connectivity index (χ4v) is 2.22. The van der Waals surface area contributed by atoms with Crippen molar-refractivity contribution in [3.8, 4) is 5.75 Å². The lowest BCUT2D eigenvalue weighted by Crippen LogP contribution is -2.38. The maximum Gasteiger partial charge on any atom is 0.300 e. The van der Waals surface area contributed by atoms with E-state index < -0.39 is 0 Å². The summed E-state index contributed by atoms with van der Waals surface area (Å²) in [5.41, 5.74) is 0.454. The van der Waals surface area contributed by atoms with Crippen molar-refractivity contribution in [1.82, 2.24) is 14.3 Å². The summed E-state index contributed by atoms with van der Waals surface area (Å²) in [6.45, 7) is 4.63. The fourth-order valence-electron chi connectivity index (χ4n) is 2.22. The molecule has 1 aliphatic heterocycles. The molecule has 0 atom stereocenters. The number of aromatic nitrogens is 2. The molecule has 1 fully saturated rings. The van der Waals surface area contributed by atoms with Gasteiger partial charge in [0.05, 0.1) is 19.4 Å². The zero-order chi connectivity index (χ0) is 13.8. The Morgan fingerprint density at radius 3 is 3.00 bits per heavy atom. The first-order valence-corrected chi connectivity index (χ1v) is 6.74. The molecular formula is C14H17N3O3. The Balaban J connectivity index is 1.65. The van der Waals surface area contributed by atoms with Crippen molar-refractivity contribution >= 4 is 5.65 Å². The second-order valence-corrected chi connectivity index (χ2v) is 4.66. The standard InChI is InChI=1S/C14H17N3O3/c18-14-12(11-15-13-3-1-2-4-17(13)14)20-10-7-16-5-8-19-9-6-16/h1-4,11H,5-10H2. The minimum atomic E-state index is -0.169. The van der Waals surface area contributed by atoms with Crippen molar-refractivity contribution in [2.24, 2.45) is 0 Å². The van der Waals surface area contributed by atoms with Crippen LogP contribution in [-0.4, -0.2) is 53.7 Å². The molecule has 0 unspecified atom stereocenters. The molecule has 1 saturated heterocycles. The lowest BCUT2D eigenvalue weighted by atomic mass is 10.4. The second kappa shape index (κ2) is 6.02. The summed E-state index contributed by atoms with van der Waals surface area (Å²) >= 11 is 0. The summed E-state index contributed by atoms with van der Waals surface area (Å²) in [6.07, 6.45) is 3.19. The molecule has 20 heavy (non-hydrogen) atoms. The van der Waals surface area contributed by atoms with Gasteiger partial charge in [0, 0.05) is 25.8 Å². The molecule has 106 valence electrons. The van der Waals surface area contributed by atoms with Gasteiger partial charge in [-0.2, -0.15) is 0 Å². The molecule has 0 bridgehead atoms. The Kier molecular flexibility index (Phi) is 3.94. The predicted molar refractivity (Wildman–Crippen MR) is 74.2 cm³/mol. The molecule has 1 aliphatic rings. The normalized spacial score (nSPS) is 16.4. The molecule has 6 heteroatoms. The minimum absolute atomic E-state index is 0.169. The van der Waals surface area contributed by atoms with Gasteiger partial charge in [0.2, 0.25) is 5.75 Å². The van der Waals surface area contributed by atoms with E-state index >= 15 is 0 Å². The van der Waals surface area contributed by atoms with Gasteiger partial charge in [-0.1, -0.05) is 6.07 Å². The van der Waals surface area contributed by atoms with E-state index in [9.17, 15) is 4.79 Å². The van der Waals surface area contributed by atoms with Crippen LogP contribution in [0.4, 0.5) is 0 Å². The zero-order valence-electron chi connectivity index (χ0n) is 11.2. The first-order chi connectivity index (χ1) is 9.84. The van der Waals surface area contributed by atoms with Gasteiger partial charge in [-0.25, -0.2) is 4.98 Å². The van der Waals surface area contributed by atoms with Crippen LogP contribution in [-0.2, 0) is 4.74 Å². The Morgan fingerprint density at radius 1 is 1.30 bits per heavy atom. The Labute approximate surface area is 116 Å². The van der Waals surface area contributed by atoms with E-state index in [1.54, 1.807) is 18.3 Å². The molecule has 2 aromatic heterocycles. The lowest BCUT2D eigenvalue weighted by molar-refractivity contribution is 0.0321. The fraction of sp³-hybridized carbons (Fsp3) is 0.429. The maximum atomic E-state index is 12.2. The predicted octanol–water partition coefficient (Wildman–Crippen LogP) is 0.405. The van der Waals surface area contributed by atoms with Gasteiger partial charge in [0.1, 0.15) is 12.3 Å². The molecule has 0 N–H and O–H groups in total. The average Bonchev–Trinajstić information content (AvgIpc) is 2.51. The number of ether oxygens (including phenoxy) is 2. The first kappa shape index (κ1) is 13.1. The van der Waals surface area contributed by atoms with E-state index in [-0.39, 0.29) is 5.56 Å². The Bertz CT molecular complexity index is 635. The van der Waals surface area contributed by atoms with Crippen molar-refractivity contribution in [1.29, 1.82) is 0 Å². The van der Waals surface area contributed by atoms with Gasteiger partial charge in [0.15, 0.2) is 0 Å². The van der Waals surface area contributed by atoms with Crippen LogP contribution in [0.5, 0.6) is 5.75 Å². The monoisotopic (exact) mass is 275 g/mol. The van der Waals surface area contributed by atoms with Crippen LogP contribution in [0.3, 0.4) is 0 Å². The topological polar surface area (TPSA) is 56.1 Å². The van der Waals surface area contributed by atoms with Gasteiger partial charge in [-0.15, -0.1) is 0 Å². The smallest absolute Gasteiger partial charge is 0.300 e. The molecule has 3 heterocycles. The minimum Gasteiger partial charge on any atom is -0.485 e. The highest BCUT2D eigenvalue weighted by atomic mass is 16.5. The first-order valence-electron chi connectivity index (χ1n) is 6.74. The molecule has 0 spiro atoms. The van der Waals surface area contributed by atoms with E-state index in [1.807, 2.05) is 6.07 Å². The molecule has 0 amide bonds. The SMILES string of the molecule is O=c1c(OCCN2CCOCC2)cnc2ccccn12.